The van der Waals surface area contributed by atoms with Crippen molar-refractivity contribution in [1.29, 1.82) is 0 Å². The van der Waals surface area contributed by atoms with Crippen LogP contribution in [0.3, 0.4) is 0 Å². The molecule has 0 unspecified atom stereocenters. The summed E-state index contributed by atoms with van der Waals surface area (Å²) < 4.78 is 27.4. The zero-order valence-corrected chi connectivity index (χ0v) is 18.2. The van der Waals surface area contributed by atoms with Gasteiger partial charge in [-0.05, 0) is 61.5 Å². The average molecular weight is 461 g/mol. The van der Waals surface area contributed by atoms with E-state index in [1.807, 2.05) is 6.92 Å². The summed E-state index contributed by atoms with van der Waals surface area (Å²) in [7, 11) is -3.69. The van der Waals surface area contributed by atoms with Crippen LogP contribution in [0.2, 0.25) is 10.0 Å². The number of hydrogen-bond acceptors (Lipinski definition) is 3. The summed E-state index contributed by atoms with van der Waals surface area (Å²) in [4.78, 5) is 12.3. The van der Waals surface area contributed by atoms with Gasteiger partial charge in [0.25, 0.3) is 10.0 Å². The minimum absolute atomic E-state index is 0.175. The van der Waals surface area contributed by atoms with Crippen LogP contribution in [0, 0.1) is 6.92 Å². The van der Waals surface area contributed by atoms with Crippen molar-refractivity contribution in [2.24, 2.45) is 0 Å². The highest BCUT2D eigenvalue weighted by Gasteiger charge is 2.13. The summed E-state index contributed by atoms with van der Waals surface area (Å²) in [5.74, 6) is -0.376. The Hall–Kier alpha value is -2.80. The third-order valence-electron chi connectivity index (χ3n) is 4.14. The summed E-state index contributed by atoms with van der Waals surface area (Å²) in [6.45, 7) is 1.88. The number of carbonyl (C=O) groups is 1. The Balaban J connectivity index is 1.65. The number of hydrogen-bond donors (Lipinski definition) is 2. The fraction of sp³-hybridized carbons (Fsp3) is 0.0455. The van der Waals surface area contributed by atoms with Gasteiger partial charge in [0, 0.05) is 33.1 Å². The molecule has 0 saturated carbocycles. The van der Waals surface area contributed by atoms with Crippen LogP contribution >= 0.6 is 23.2 Å². The van der Waals surface area contributed by atoms with Crippen LogP contribution in [0.25, 0.3) is 6.08 Å². The molecule has 0 aliphatic carbocycles. The van der Waals surface area contributed by atoms with E-state index in [2.05, 4.69) is 10.0 Å². The Morgan fingerprint density at radius 2 is 1.43 bits per heavy atom. The SMILES string of the molecule is Cc1ccc(S(=O)(=O)Nc2ccc(NC(=O)/C=C/c3c(Cl)cccc3Cl)cc2)cc1. The standard InChI is InChI=1S/C22H18Cl2N2O3S/c1-15-5-11-18(12-6-15)30(28,29)26-17-9-7-16(8-10-17)25-22(27)14-13-19-20(23)3-2-4-21(19)24/h2-14,26H,1H3,(H,25,27)/b14-13+. The van der Waals surface area contributed by atoms with Crippen molar-refractivity contribution in [3.8, 4) is 0 Å². The highest BCUT2D eigenvalue weighted by Crippen LogP contribution is 2.25. The molecule has 0 spiro atoms. The first kappa shape index (κ1) is 21.9. The van der Waals surface area contributed by atoms with Crippen LogP contribution in [0.15, 0.2) is 77.7 Å². The zero-order valence-electron chi connectivity index (χ0n) is 15.9. The second kappa shape index (κ2) is 9.34. The van der Waals surface area contributed by atoms with E-state index in [1.54, 1.807) is 66.7 Å². The Bertz CT molecular complexity index is 1170. The van der Waals surface area contributed by atoms with Crippen molar-refractivity contribution in [1.82, 2.24) is 0 Å². The predicted molar refractivity (Wildman–Crippen MR) is 123 cm³/mol. The van der Waals surface area contributed by atoms with Gasteiger partial charge in [0.15, 0.2) is 0 Å². The molecule has 0 aliphatic rings. The number of anilines is 2. The van der Waals surface area contributed by atoms with Gasteiger partial charge in [-0.3, -0.25) is 9.52 Å². The van der Waals surface area contributed by atoms with Crippen molar-refractivity contribution in [2.45, 2.75) is 11.8 Å². The van der Waals surface area contributed by atoms with E-state index < -0.39 is 10.0 Å². The van der Waals surface area contributed by atoms with Crippen LogP contribution in [0.5, 0.6) is 0 Å². The molecule has 0 atom stereocenters. The fourth-order valence-corrected chi connectivity index (χ4v) is 4.15. The number of sulfonamides is 1. The Morgan fingerprint density at radius 3 is 2.03 bits per heavy atom. The van der Waals surface area contributed by atoms with Crippen molar-refractivity contribution >= 4 is 56.6 Å². The highest BCUT2D eigenvalue weighted by atomic mass is 35.5. The quantitative estimate of drug-likeness (QED) is 0.459. The maximum atomic E-state index is 12.4. The van der Waals surface area contributed by atoms with E-state index >= 15 is 0 Å². The van der Waals surface area contributed by atoms with Crippen molar-refractivity contribution in [2.75, 3.05) is 10.0 Å². The zero-order chi connectivity index (χ0) is 21.7. The highest BCUT2D eigenvalue weighted by molar-refractivity contribution is 7.92. The molecule has 3 aromatic rings. The number of aryl methyl sites for hydroxylation is 1. The summed E-state index contributed by atoms with van der Waals surface area (Å²) in [5, 5.41) is 3.57. The second-order valence-electron chi connectivity index (χ2n) is 6.45. The van der Waals surface area contributed by atoms with Gasteiger partial charge in [0.1, 0.15) is 0 Å². The van der Waals surface area contributed by atoms with Crippen LogP contribution in [-0.2, 0) is 14.8 Å². The van der Waals surface area contributed by atoms with Gasteiger partial charge in [-0.1, -0.05) is 47.0 Å². The lowest BCUT2D eigenvalue weighted by Crippen LogP contribution is -2.13. The normalized spacial score (nSPS) is 11.4. The van der Waals surface area contributed by atoms with E-state index in [4.69, 9.17) is 23.2 Å². The molecule has 3 rings (SSSR count). The molecule has 0 fully saturated rings. The molecule has 8 heteroatoms. The van der Waals surface area contributed by atoms with Gasteiger partial charge in [-0.2, -0.15) is 0 Å². The first-order valence-corrected chi connectivity index (χ1v) is 11.1. The van der Waals surface area contributed by atoms with Crippen LogP contribution < -0.4 is 10.0 Å². The summed E-state index contributed by atoms with van der Waals surface area (Å²) in [6, 6.07) is 18.0. The van der Waals surface area contributed by atoms with Crippen LogP contribution in [-0.4, -0.2) is 14.3 Å². The monoisotopic (exact) mass is 460 g/mol. The molecule has 154 valence electrons. The van der Waals surface area contributed by atoms with Gasteiger partial charge in [-0.15, -0.1) is 0 Å². The molecule has 1 amide bonds. The van der Waals surface area contributed by atoms with Gasteiger partial charge in [-0.25, -0.2) is 8.42 Å². The molecule has 5 nitrogen and oxygen atoms in total. The number of nitrogens with one attached hydrogen (secondary N) is 2. The van der Waals surface area contributed by atoms with Gasteiger partial charge in [0.05, 0.1) is 4.90 Å². The summed E-state index contributed by atoms with van der Waals surface area (Å²) in [6.07, 6.45) is 2.85. The lowest BCUT2D eigenvalue weighted by Gasteiger charge is -2.09. The largest absolute Gasteiger partial charge is 0.323 e. The maximum absolute atomic E-state index is 12.4. The minimum atomic E-state index is -3.69. The second-order valence-corrected chi connectivity index (χ2v) is 8.95. The van der Waals surface area contributed by atoms with Crippen molar-refractivity contribution in [3.05, 3.63) is 94.0 Å². The molecule has 0 aromatic heterocycles. The molecule has 3 aromatic carbocycles. The Labute approximate surface area is 185 Å². The third-order valence-corrected chi connectivity index (χ3v) is 6.19. The van der Waals surface area contributed by atoms with E-state index in [-0.39, 0.29) is 10.8 Å². The Kier molecular flexibility index (Phi) is 6.82. The molecular formula is C22H18Cl2N2O3S. The lowest BCUT2D eigenvalue weighted by molar-refractivity contribution is -0.111. The average Bonchev–Trinajstić information content (AvgIpc) is 2.69. The molecule has 0 radical (unpaired) electrons. The third kappa shape index (κ3) is 5.63. The number of rotatable bonds is 6. The van der Waals surface area contributed by atoms with E-state index in [1.165, 1.54) is 12.2 Å². The molecule has 2 N–H and O–H groups in total. The predicted octanol–water partition coefficient (Wildman–Crippen LogP) is 5.75. The molecular weight excluding hydrogens is 443 g/mol. The minimum Gasteiger partial charge on any atom is -0.323 e. The van der Waals surface area contributed by atoms with Crippen molar-refractivity contribution in [3.63, 3.8) is 0 Å². The number of halogens is 2. The van der Waals surface area contributed by atoms with E-state index in [9.17, 15) is 13.2 Å². The van der Waals surface area contributed by atoms with Crippen LogP contribution in [0.4, 0.5) is 11.4 Å². The van der Waals surface area contributed by atoms with Crippen LogP contribution in [0.1, 0.15) is 11.1 Å². The smallest absolute Gasteiger partial charge is 0.261 e. The molecule has 0 bridgehead atoms. The Morgan fingerprint density at radius 1 is 0.867 bits per heavy atom. The van der Waals surface area contributed by atoms with E-state index in [0.29, 0.717) is 27.0 Å². The fourth-order valence-electron chi connectivity index (χ4n) is 2.57. The first-order valence-electron chi connectivity index (χ1n) is 8.87. The lowest BCUT2D eigenvalue weighted by atomic mass is 10.2. The number of benzene rings is 3. The molecule has 0 saturated heterocycles. The molecule has 0 heterocycles. The maximum Gasteiger partial charge on any atom is 0.261 e. The molecule has 30 heavy (non-hydrogen) atoms. The topological polar surface area (TPSA) is 75.3 Å². The van der Waals surface area contributed by atoms with Gasteiger partial charge in [0.2, 0.25) is 5.91 Å². The van der Waals surface area contributed by atoms with Gasteiger partial charge < -0.3 is 5.32 Å². The van der Waals surface area contributed by atoms with E-state index in [0.717, 1.165) is 5.56 Å². The molecule has 0 aliphatic heterocycles. The summed E-state index contributed by atoms with van der Waals surface area (Å²) in [5.41, 5.74) is 2.41. The first-order chi connectivity index (χ1) is 14.2. The number of amides is 1. The van der Waals surface area contributed by atoms with Gasteiger partial charge >= 0.3 is 0 Å². The summed E-state index contributed by atoms with van der Waals surface area (Å²) >= 11 is 12.1. The number of carbonyl (C=O) groups excluding carboxylic acids is 1. The van der Waals surface area contributed by atoms with Crippen molar-refractivity contribution < 1.29 is 13.2 Å².